The second-order valence-electron chi connectivity index (χ2n) is 4.42. The van der Waals surface area contributed by atoms with Crippen LogP contribution in [-0.2, 0) is 13.0 Å². The van der Waals surface area contributed by atoms with E-state index in [0.717, 1.165) is 22.4 Å². The summed E-state index contributed by atoms with van der Waals surface area (Å²) in [6, 6.07) is 15.0. The minimum absolute atomic E-state index is 0.0129. The van der Waals surface area contributed by atoms with Gasteiger partial charge in [-0.15, -0.1) is 0 Å². The van der Waals surface area contributed by atoms with Gasteiger partial charge in [0.2, 0.25) is 0 Å². The highest BCUT2D eigenvalue weighted by atomic mass is 16.5. The van der Waals surface area contributed by atoms with Crippen LogP contribution < -0.4 is 4.74 Å². The van der Waals surface area contributed by atoms with E-state index in [4.69, 9.17) is 4.74 Å². The summed E-state index contributed by atoms with van der Waals surface area (Å²) in [5, 5.41) is 19.6. The van der Waals surface area contributed by atoms with Gasteiger partial charge in [-0.25, -0.2) is 0 Å². The van der Waals surface area contributed by atoms with Gasteiger partial charge in [-0.05, 0) is 28.8 Å². The van der Waals surface area contributed by atoms with E-state index in [1.165, 1.54) is 0 Å². The van der Waals surface area contributed by atoms with E-state index < -0.39 is 6.10 Å². The summed E-state index contributed by atoms with van der Waals surface area (Å²) in [6.07, 6.45) is -0.132. The molecule has 0 aromatic heterocycles. The monoisotopic (exact) mass is 258 g/mol. The Morgan fingerprint density at radius 2 is 1.79 bits per heavy atom. The number of aliphatic hydroxyl groups excluding tert-OH is 2. The molecule has 3 nitrogen and oxygen atoms in total. The van der Waals surface area contributed by atoms with E-state index in [0.29, 0.717) is 6.42 Å². The van der Waals surface area contributed by atoms with Crippen molar-refractivity contribution in [2.45, 2.75) is 19.1 Å². The summed E-state index contributed by atoms with van der Waals surface area (Å²) in [4.78, 5) is 0. The molecule has 0 bridgehead atoms. The molecule has 2 aromatic rings. The smallest absolute Gasteiger partial charge is 0.119 e. The lowest BCUT2D eigenvalue weighted by atomic mass is 9.98. The minimum Gasteiger partial charge on any atom is -0.497 e. The van der Waals surface area contributed by atoms with Crippen molar-refractivity contribution in [3.05, 3.63) is 65.2 Å². The average Bonchev–Trinajstić information content (AvgIpc) is 2.47. The standard InChI is InChI=1S/C16H18O3/c1-19-15-8-4-7-13(9-15)16(18)10-12-5-2-3-6-14(12)11-17/h2-9,16-18H,10-11H2,1H3. The van der Waals surface area contributed by atoms with Crippen molar-refractivity contribution < 1.29 is 14.9 Å². The number of hydrogen-bond donors (Lipinski definition) is 2. The Bertz CT molecular complexity index is 537. The largest absolute Gasteiger partial charge is 0.497 e. The van der Waals surface area contributed by atoms with Gasteiger partial charge in [0.05, 0.1) is 19.8 Å². The van der Waals surface area contributed by atoms with Crippen LogP contribution in [0.2, 0.25) is 0 Å². The molecule has 1 unspecified atom stereocenters. The zero-order valence-electron chi connectivity index (χ0n) is 10.9. The van der Waals surface area contributed by atoms with Crippen LogP contribution in [0.4, 0.5) is 0 Å². The van der Waals surface area contributed by atoms with E-state index in [1.807, 2.05) is 48.5 Å². The molecule has 0 spiro atoms. The molecule has 2 rings (SSSR count). The Kier molecular flexibility index (Phi) is 4.55. The van der Waals surface area contributed by atoms with Crippen LogP contribution >= 0.6 is 0 Å². The van der Waals surface area contributed by atoms with Crippen LogP contribution in [0.5, 0.6) is 5.75 Å². The highest BCUT2D eigenvalue weighted by Crippen LogP contribution is 2.23. The van der Waals surface area contributed by atoms with E-state index in [-0.39, 0.29) is 6.61 Å². The first kappa shape index (κ1) is 13.6. The van der Waals surface area contributed by atoms with Crippen molar-refractivity contribution in [2.24, 2.45) is 0 Å². The summed E-state index contributed by atoms with van der Waals surface area (Å²) < 4.78 is 5.15. The number of hydrogen-bond acceptors (Lipinski definition) is 3. The third kappa shape index (κ3) is 3.34. The van der Waals surface area contributed by atoms with Gasteiger partial charge in [-0.1, -0.05) is 36.4 Å². The Labute approximate surface area is 113 Å². The Balaban J connectivity index is 2.18. The van der Waals surface area contributed by atoms with Gasteiger partial charge in [0.25, 0.3) is 0 Å². The number of rotatable bonds is 5. The van der Waals surface area contributed by atoms with E-state index in [1.54, 1.807) is 7.11 Å². The topological polar surface area (TPSA) is 49.7 Å². The maximum Gasteiger partial charge on any atom is 0.119 e. The van der Waals surface area contributed by atoms with Crippen molar-refractivity contribution in [3.8, 4) is 5.75 Å². The molecule has 0 fully saturated rings. The van der Waals surface area contributed by atoms with Gasteiger partial charge in [0.1, 0.15) is 5.75 Å². The Morgan fingerprint density at radius 1 is 1.05 bits per heavy atom. The molecule has 100 valence electrons. The van der Waals surface area contributed by atoms with Gasteiger partial charge >= 0.3 is 0 Å². The highest BCUT2D eigenvalue weighted by molar-refractivity contribution is 5.32. The van der Waals surface area contributed by atoms with E-state index in [9.17, 15) is 10.2 Å². The fraction of sp³-hybridized carbons (Fsp3) is 0.250. The first-order chi connectivity index (χ1) is 9.24. The predicted molar refractivity (Wildman–Crippen MR) is 74.0 cm³/mol. The molecule has 0 saturated heterocycles. The minimum atomic E-state index is -0.609. The average molecular weight is 258 g/mol. The molecule has 0 saturated carbocycles. The molecule has 1 atom stereocenters. The Hall–Kier alpha value is -1.84. The highest BCUT2D eigenvalue weighted by Gasteiger charge is 2.11. The molecule has 0 aliphatic rings. The molecular weight excluding hydrogens is 240 g/mol. The van der Waals surface area contributed by atoms with Gasteiger partial charge in [0.15, 0.2) is 0 Å². The number of methoxy groups -OCH3 is 1. The molecule has 2 N–H and O–H groups in total. The van der Waals surface area contributed by atoms with Crippen LogP contribution in [0.15, 0.2) is 48.5 Å². The van der Waals surface area contributed by atoms with Gasteiger partial charge in [0, 0.05) is 6.42 Å². The molecule has 0 radical (unpaired) electrons. The van der Waals surface area contributed by atoms with Crippen LogP contribution in [0, 0.1) is 0 Å². The fourth-order valence-electron chi connectivity index (χ4n) is 2.09. The third-order valence-electron chi connectivity index (χ3n) is 3.18. The first-order valence-corrected chi connectivity index (χ1v) is 6.24. The van der Waals surface area contributed by atoms with Crippen molar-refractivity contribution in [1.29, 1.82) is 0 Å². The molecule has 0 amide bonds. The fourth-order valence-corrected chi connectivity index (χ4v) is 2.09. The summed E-state index contributed by atoms with van der Waals surface area (Å²) in [6.45, 7) is -0.0129. The lowest BCUT2D eigenvalue weighted by molar-refractivity contribution is 0.177. The normalized spacial score (nSPS) is 12.2. The zero-order chi connectivity index (χ0) is 13.7. The third-order valence-corrected chi connectivity index (χ3v) is 3.18. The van der Waals surface area contributed by atoms with Crippen molar-refractivity contribution >= 4 is 0 Å². The molecule has 0 aliphatic heterocycles. The van der Waals surface area contributed by atoms with Gasteiger partial charge < -0.3 is 14.9 Å². The summed E-state index contributed by atoms with van der Waals surface area (Å²) in [5.41, 5.74) is 2.62. The lowest BCUT2D eigenvalue weighted by Gasteiger charge is -2.14. The zero-order valence-corrected chi connectivity index (χ0v) is 10.9. The number of aliphatic hydroxyl groups is 2. The van der Waals surface area contributed by atoms with Crippen LogP contribution in [0.3, 0.4) is 0 Å². The van der Waals surface area contributed by atoms with E-state index in [2.05, 4.69) is 0 Å². The van der Waals surface area contributed by atoms with Crippen molar-refractivity contribution in [2.75, 3.05) is 7.11 Å². The molecule has 0 heterocycles. The molecular formula is C16H18O3. The number of benzene rings is 2. The second kappa shape index (κ2) is 6.36. The van der Waals surface area contributed by atoms with Gasteiger partial charge in [-0.3, -0.25) is 0 Å². The summed E-state index contributed by atoms with van der Waals surface area (Å²) >= 11 is 0. The number of ether oxygens (including phenoxy) is 1. The van der Waals surface area contributed by atoms with E-state index >= 15 is 0 Å². The quantitative estimate of drug-likeness (QED) is 0.866. The van der Waals surface area contributed by atoms with Crippen molar-refractivity contribution in [1.82, 2.24) is 0 Å². The molecule has 3 heteroatoms. The lowest BCUT2D eigenvalue weighted by Crippen LogP contribution is -2.04. The van der Waals surface area contributed by atoms with Gasteiger partial charge in [-0.2, -0.15) is 0 Å². The van der Waals surface area contributed by atoms with Crippen LogP contribution in [0.25, 0.3) is 0 Å². The van der Waals surface area contributed by atoms with Crippen LogP contribution in [-0.4, -0.2) is 17.3 Å². The predicted octanol–water partition coefficient (Wildman–Crippen LogP) is 2.46. The maximum atomic E-state index is 10.3. The summed E-state index contributed by atoms with van der Waals surface area (Å²) in [7, 11) is 1.60. The Morgan fingerprint density at radius 3 is 2.47 bits per heavy atom. The molecule has 0 aliphatic carbocycles. The SMILES string of the molecule is COc1cccc(C(O)Cc2ccccc2CO)c1. The molecule has 2 aromatic carbocycles. The first-order valence-electron chi connectivity index (χ1n) is 6.24. The second-order valence-corrected chi connectivity index (χ2v) is 4.42. The summed E-state index contributed by atoms with van der Waals surface area (Å²) in [5.74, 6) is 0.729. The van der Waals surface area contributed by atoms with Crippen LogP contribution in [0.1, 0.15) is 22.8 Å². The molecule has 19 heavy (non-hydrogen) atoms. The maximum absolute atomic E-state index is 10.3. The van der Waals surface area contributed by atoms with Crippen molar-refractivity contribution in [3.63, 3.8) is 0 Å².